The van der Waals surface area contributed by atoms with Crippen molar-refractivity contribution in [3.63, 3.8) is 0 Å². The normalized spacial score (nSPS) is 17.0. The van der Waals surface area contributed by atoms with Crippen molar-refractivity contribution < 1.29 is 14.3 Å². The second kappa shape index (κ2) is 10.2. The number of ether oxygens (including phenoxy) is 1. The van der Waals surface area contributed by atoms with Crippen LogP contribution in [0.5, 0.6) is 5.75 Å². The van der Waals surface area contributed by atoms with E-state index in [2.05, 4.69) is 6.92 Å². The van der Waals surface area contributed by atoms with Crippen molar-refractivity contribution in [1.82, 2.24) is 9.80 Å². The van der Waals surface area contributed by atoms with Gasteiger partial charge in [0.25, 0.3) is 0 Å². The zero-order chi connectivity index (χ0) is 18.9. The van der Waals surface area contributed by atoms with Crippen molar-refractivity contribution in [3.05, 3.63) is 29.8 Å². The van der Waals surface area contributed by atoms with E-state index in [0.29, 0.717) is 25.6 Å². The predicted octanol–water partition coefficient (Wildman–Crippen LogP) is 3.27. The summed E-state index contributed by atoms with van der Waals surface area (Å²) < 4.78 is 5.17. The molecule has 0 saturated carbocycles. The third-order valence-electron chi connectivity index (χ3n) is 5.29. The molecule has 144 valence electrons. The third-order valence-corrected chi connectivity index (χ3v) is 5.29. The fourth-order valence-electron chi connectivity index (χ4n) is 3.61. The summed E-state index contributed by atoms with van der Waals surface area (Å²) in [4.78, 5) is 28.4. The van der Waals surface area contributed by atoms with Crippen LogP contribution in [0.2, 0.25) is 0 Å². The molecule has 1 saturated heterocycles. The van der Waals surface area contributed by atoms with Gasteiger partial charge in [-0.25, -0.2) is 0 Å². The van der Waals surface area contributed by atoms with Gasteiger partial charge in [-0.2, -0.15) is 0 Å². The van der Waals surface area contributed by atoms with Crippen molar-refractivity contribution in [2.75, 3.05) is 26.7 Å². The molecule has 0 bridgehead atoms. The Hall–Kier alpha value is -2.04. The number of hydrogen-bond donors (Lipinski definition) is 0. The standard InChI is InChI=1S/C21H32N2O3/c1-4-19-7-5-6-14-23(19)21(25)13-16-22(17(2)24)15-12-18-8-10-20(26-3)11-9-18/h8-11,19H,4-7,12-16H2,1-3H3. The summed E-state index contributed by atoms with van der Waals surface area (Å²) in [5.41, 5.74) is 1.16. The molecule has 1 aliphatic rings. The summed E-state index contributed by atoms with van der Waals surface area (Å²) in [6, 6.07) is 8.27. The van der Waals surface area contributed by atoms with E-state index in [1.165, 1.54) is 6.42 Å². The van der Waals surface area contributed by atoms with E-state index in [-0.39, 0.29) is 11.8 Å². The van der Waals surface area contributed by atoms with Crippen LogP contribution in [0.3, 0.4) is 0 Å². The smallest absolute Gasteiger partial charge is 0.224 e. The number of carbonyl (C=O) groups excluding carboxylic acids is 2. The highest BCUT2D eigenvalue weighted by Crippen LogP contribution is 2.20. The minimum atomic E-state index is 0.0250. The largest absolute Gasteiger partial charge is 0.497 e. The number of likely N-dealkylation sites (tertiary alicyclic amines) is 1. The molecule has 0 aromatic heterocycles. The summed E-state index contributed by atoms with van der Waals surface area (Å²) in [5, 5.41) is 0. The maximum absolute atomic E-state index is 12.6. The van der Waals surface area contributed by atoms with Gasteiger partial charge in [0.1, 0.15) is 5.75 Å². The molecule has 1 fully saturated rings. The van der Waals surface area contributed by atoms with Gasteiger partial charge < -0.3 is 14.5 Å². The van der Waals surface area contributed by atoms with Crippen LogP contribution in [0.1, 0.15) is 51.5 Å². The van der Waals surface area contributed by atoms with Gasteiger partial charge in [-0.05, 0) is 49.8 Å². The first-order valence-corrected chi connectivity index (χ1v) is 9.73. The fourth-order valence-corrected chi connectivity index (χ4v) is 3.61. The van der Waals surface area contributed by atoms with Crippen LogP contribution in [0, 0.1) is 0 Å². The van der Waals surface area contributed by atoms with Gasteiger partial charge in [0, 0.05) is 39.0 Å². The molecule has 0 radical (unpaired) electrons. The van der Waals surface area contributed by atoms with E-state index in [4.69, 9.17) is 4.74 Å². The van der Waals surface area contributed by atoms with Gasteiger partial charge >= 0.3 is 0 Å². The van der Waals surface area contributed by atoms with Crippen LogP contribution in [0.4, 0.5) is 0 Å². The number of benzene rings is 1. The Kier molecular flexibility index (Phi) is 7.95. The molecule has 0 spiro atoms. The monoisotopic (exact) mass is 360 g/mol. The highest BCUT2D eigenvalue weighted by Gasteiger charge is 2.25. The van der Waals surface area contributed by atoms with Crippen molar-refractivity contribution in [2.24, 2.45) is 0 Å². The SMILES string of the molecule is CCC1CCCCN1C(=O)CCN(CCc1ccc(OC)cc1)C(C)=O. The van der Waals surface area contributed by atoms with E-state index in [1.807, 2.05) is 29.2 Å². The summed E-state index contributed by atoms with van der Waals surface area (Å²) >= 11 is 0. The molecule has 1 aromatic carbocycles. The van der Waals surface area contributed by atoms with E-state index < -0.39 is 0 Å². The Balaban J connectivity index is 1.85. The summed E-state index contributed by atoms with van der Waals surface area (Å²) in [6.45, 7) is 5.72. The topological polar surface area (TPSA) is 49.9 Å². The van der Waals surface area contributed by atoms with Crippen LogP contribution in [0.15, 0.2) is 24.3 Å². The molecular weight excluding hydrogens is 328 g/mol. The first-order chi connectivity index (χ1) is 12.5. The molecule has 2 amide bonds. The Morgan fingerprint density at radius 1 is 1.19 bits per heavy atom. The molecule has 1 atom stereocenters. The zero-order valence-electron chi connectivity index (χ0n) is 16.4. The van der Waals surface area contributed by atoms with Crippen molar-refractivity contribution in [2.45, 2.75) is 58.4 Å². The zero-order valence-corrected chi connectivity index (χ0v) is 16.4. The minimum absolute atomic E-state index is 0.0250. The third kappa shape index (κ3) is 5.75. The molecule has 26 heavy (non-hydrogen) atoms. The number of methoxy groups -OCH3 is 1. The molecule has 1 aromatic rings. The van der Waals surface area contributed by atoms with E-state index in [0.717, 1.165) is 43.5 Å². The number of hydrogen-bond acceptors (Lipinski definition) is 3. The first kappa shape index (κ1) is 20.3. The van der Waals surface area contributed by atoms with Crippen LogP contribution in [-0.2, 0) is 16.0 Å². The molecule has 0 N–H and O–H groups in total. The molecule has 2 rings (SSSR count). The van der Waals surface area contributed by atoms with Gasteiger partial charge in [-0.1, -0.05) is 19.1 Å². The Bertz CT molecular complexity index is 585. The quantitative estimate of drug-likeness (QED) is 0.715. The van der Waals surface area contributed by atoms with Crippen molar-refractivity contribution in [3.8, 4) is 5.75 Å². The molecular formula is C21H32N2O3. The van der Waals surface area contributed by atoms with Gasteiger partial charge in [0.15, 0.2) is 0 Å². The van der Waals surface area contributed by atoms with Crippen molar-refractivity contribution >= 4 is 11.8 Å². The van der Waals surface area contributed by atoms with Gasteiger partial charge in [0.05, 0.1) is 7.11 Å². The highest BCUT2D eigenvalue weighted by molar-refractivity contribution is 5.78. The number of nitrogens with zero attached hydrogens (tertiary/aromatic N) is 2. The fraction of sp³-hybridized carbons (Fsp3) is 0.619. The molecule has 1 heterocycles. The van der Waals surface area contributed by atoms with Crippen LogP contribution in [0.25, 0.3) is 0 Å². The lowest BCUT2D eigenvalue weighted by Gasteiger charge is -2.35. The summed E-state index contributed by atoms with van der Waals surface area (Å²) in [7, 11) is 1.65. The van der Waals surface area contributed by atoms with E-state index in [9.17, 15) is 9.59 Å². The minimum Gasteiger partial charge on any atom is -0.497 e. The predicted molar refractivity (Wildman–Crippen MR) is 103 cm³/mol. The highest BCUT2D eigenvalue weighted by atomic mass is 16.5. The number of amides is 2. The number of piperidine rings is 1. The molecule has 1 unspecified atom stereocenters. The molecule has 0 aliphatic carbocycles. The van der Waals surface area contributed by atoms with Gasteiger partial charge in [0.2, 0.25) is 11.8 Å². The second-order valence-electron chi connectivity index (χ2n) is 7.00. The van der Waals surface area contributed by atoms with Crippen LogP contribution in [-0.4, -0.2) is 54.4 Å². The maximum Gasteiger partial charge on any atom is 0.224 e. The Morgan fingerprint density at radius 3 is 2.54 bits per heavy atom. The average Bonchev–Trinajstić information content (AvgIpc) is 2.67. The Morgan fingerprint density at radius 2 is 1.92 bits per heavy atom. The van der Waals surface area contributed by atoms with Crippen molar-refractivity contribution in [1.29, 1.82) is 0 Å². The summed E-state index contributed by atoms with van der Waals surface area (Å²) in [5.74, 6) is 1.04. The number of carbonyl (C=O) groups is 2. The number of rotatable bonds is 8. The average molecular weight is 360 g/mol. The second-order valence-corrected chi connectivity index (χ2v) is 7.00. The lowest BCUT2D eigenvalue weighted by Crippen LogP contribution is -2.44. The Labute approximate surface area is 157 Å². The maximum atomic E-state index is 12.6. The van der Waals surface area contributed by atoms with Crippen LogP contribution >= 0.6 is 0 Å². The van der Waals surface area contributed by atoms with E-state index >= 15 is 0 Å². The summed E-state index contributed by atoms with van der Waals surface area (Å²) in [6.07, 6.45) is 5.62. The lowest BCUT2D eigenvalue weighted by molar-refractivity contribution is -0.136. The lowest BCUT2D eigenvalue weighted by atomic mass is 9.99. The van der Waals surface area contributed by atoms with Crippen LogP contribution < -0.4 is 4.74 Å². The first-order valence-electron chi connectivity index (χ1n) is 9.73. The van der Waals surface area contributed by atoms with E-state index in [1.54, 1.807) is 18.9 Å². The van der Waals surface area contributed by atoms with Gasteiger partial charge in [-0.15, -0.1) is 0 Å². The molecule has 5 heteroatoms. The van der Waals surface area contributed by atoms with Gasteiger partial charge in [-0.3, -0.25) is 9.59 Å². The molecule has 5 nitrogen and oxygen atoms in total. The molecule has 1 aliphatic heterocycles.